The minimum Gasteiger partial charge on any atom is -0.389 e. The Labute approximate surface area is 94.3 Å². The van der Waals surface area contributed by atoms with Crippen molar-refractivity contribution in [3.05, 3.63) is 0 Å². The summed E-state index contributed by atoms with van der Waals surface area (Å²) in [7, 11) is 0. The van der Waals surface area contributed by atoms with Crippen molar-refractivity contribution >= 4 is 0 Å². The molecular weight excluding hydrogens is 184 g/mol. The molecule has 0 aliphatic heterocycles. The van der Waals surface area contributed by atoms with Crippen molar-refractivity contribution in [3.8, 4) is 0 Å². The maximum Gasteiger partial charge on any atom is 0.0696 e. The molecule has 0 radical (unpaired) electrons. The molecule has 0 heterocycles. The van der Waals surface area contributed by atoms with E-state index < -0.39 is 5.60 Å². The van der Waals surface area contributed by atoms with Crippen LogP contribution in [0.1, 0.15) is 72.1 Å². The van der Waals surface area contributed by atoms with Crippen LogP contribution in [0.5, 0.6) is 0 Å². The second-order valence-electron chi connectivity index (χ2n) is 6.99. The third-order valence-corrected chi connectivity index (χ3v) is 5.20. The minimum atomic E-state index is -0.402. The summed E-state index contributed by atoms with van der Waals surface area (Å²) in [4.78, 5) is 0. The molecule has 0 bridgehead atoms. The highest BCUT2D eigenvalue weighted by molar-refractivity contribution is 4.99. The highest BCUT2D eigenvalue weighted by Gasteiger charge is 2.47. The van der Waals surface area contributed by atoms with Gasteiger partial charge in [0.1, 0.15) is 0 Å². The lowest BCUT2D eigenvalue weighted by molar-refractivity contribution is -0.107. The molecule has 2 saturated carbocycles. The van der Waals surface area contributed by atoms with Crippen LogP contribution < -0.4 is 0 Å². The van der Waals surface area contributed by atoms with Crippen LogP contribution in [0.25, 0.3) is 0 Å². The molecule has 1 spiro atoms. The van der Waals surface area contributed by atoms with Crippen LogP contribution >= 0.6 is 0 Å². The van der Waals surface area contributed by atoms with Gasteiger partial charge in [-0.05, 0) is 49.4 Å². The topological polar surface area (TPSA) is 20.2 Å². The van der Waals surface area contributed by atoms with Crippen LogP contribution in [0.3, 0.4) is 0 Å². The first-order valence-electron chi connectivity index (χ1n) is 6.59. The molecule has 1 N–H and O–H groups in total. The molecule has 15 heavy (non-hydrogen) atoms. The zero-order valence-electron chi connectivity index (χ0n) is 10.6. The molecule has 2 fully saturated rings. The van der Waals surface area contributed by atoms with Crippen molar-refractivity contribution in [2.24, 2.45) is 10.8 Å². The normalized spacial score (nSPS) is 29.6. The van der Waals surface area contributed by atoms with Crippen LogP contribution in [0.4, 0.5) is 0 Å². The van der Waals surface area contributed by atoms with Crippen molar-refractivity contribution in [1.82, 2.24) is 0 Å². The van der Waals surface area contributed by atoms with Gasteiger partial charge in [0.15, 0.2) is 0 Å². The Hall–Kier alpha value is -0.0400. The summed E-state index contributed by atoms with van der Waals surface area (Å²) < 4.78 is 0. The van der Waals surface area contributed by atoms with Crippen LogP contribution in [-0.2, 0) is 0 Å². The fraction of sp³-hybridized carbons (Fsp3) is 1.00. The Morgan fingerprint density at radius 1 is 0.800 bits per heavy atom. The quantitative estimate of drug-likeness (QED) is 0.643. The van der Waals surface area contributed by atoms with E-state index in [0.29, 0.717) is 5.41 Å². The second kappa shape index (κ2) is 3.48. The fourth-order valence-corrected chi connectivity index (χ4v) is 3.57. The number of rotatable bonds is 0. The summed E-state index contributed by atoms with van der Waals surface area (Å²) in [6, 6.07) is 0. The Bertz CT molecular complexity index is 220. The molecule has 0 unspecified atom stereocenters. The van der Waals surface area contributed by atoms with Crippen molar-refractivity contribution in [2.75, 3.05) is 0 Å². The Morgan fingerprint density at radius 3 is 1.67 bits per heavy atom. The number of hydrogen-bond acceptors (Lipinski definition) is 1. The standard InChI is InChI=1S/C14H26O/c1-12(2,3)14(15)10-8-13(9-11-14)6-4-5-7-13/h15H,4-11H2,1-3H3. The molecule has 1 nitrogen and oxygen atoms in total. The van der Waals surface area contributed by atoms with Crippen molar-refractivity contribution < 1.29 is 5.11 Å². The molecule has 0 amide bonds. The molecule has 2 aliphatic rings. The van der Waals surface area contributed by atoms with E-state index in [1.807, 2.05) is 0 Å². The maximum absolute atomic E-state index is 10.7. The van der Waals surface area contributed by atoms with Crippen molar-refractivity contribution in [3.63, 3.8) is 0 Å². The van der Waals surface area contributed by atoms with Crippen LogP contribution in [-0.4, -0.2) is 10.7 Å². The van der Waals surface area contributed by atoms with Crippen LogP contribution in [0, 0.1) is 10.8 Å². The molecule has 88 valence electrons. The molecule has 1 heteroatoms. The molecule has 0 aromatic heterocycles. The zero-order chi connectivity index (χ0) is 11.2. The molecule has 2 aliphatic carbocycles. The van der Waals surface area contributed by atoms with Crippen molar-refractivity contribution in [1.29, 1.82) is 0 Å². The van der Waals surface area contributed by atoms with E-state index in [-0.39, 0.29) is 5.41 Å². The SMILES string of the molecule is CC(C)(C)C1(O)CCC2(CCCC2)CC1. The van der Waals surface area contributed by atoms with Gasteiger partial charge in [0.05, 0.1) is 5.60 Å². The van der Waals surface area contributed by atoms with Gasteiger partial charge in [0, 0.05) is 0 Å². The summed E-state index contributed by atoms with van der Waals surface area (Å²) in [5.41, 5.74) is 0.283. The van der Waals surface area contributed by atoms with Gasteiger partial charge in [0.25, 0.3) is 0 Å². The first-order valence-corrected chi connectivity index (χ1v) is 6.59. The van der Waals surface area contributed by atoms with E-state index in [2.05, 4.69) is 20.8 Å². The van der Waals surface area contributed by atoms with Gasteiger partial charge >= 0.3 is 0 Å². The van der Waals surface area contributed by atoms with Gasteiger partial charge in [0.2, 0.25) is 0 Å². The minimum absolute atomic E-state index is 0.0488. The average Bonchev–Trinajstić information content (AvgIpc) is 2.58. The second-order valence-corrected chi connectivity index (χ2v) is 6.99. The smallest absolute Gasteiger partial charge is 0.0696 e. The lowest BCUT2D eigenvalue weighted by atomic mass is 9.61. The van der Waals surface area contributed by atoms with E-state index in [1.54, 1.807) is 0 Å². The predicted molar refractivity (Wildman–Crippen MR) is 63.8 cm³/mol. The Balaban J connectivity index is 2.02. The van der Waals surface area contributed by atoms with Gasteiger partial charge in [-0.3, -0.25) is 0 Å². The molecular formula is C14H26O. The van der Waals surface area contributed by atoms with Crippen LogP contribution in [0.2, 0.25) is 0 Å². The molecule has 0 saturated heterocycles. The van der Waals surface area contributed by atoms with Gasteiger partial charge in [-0.1, -0.05) is 33.6 Å². The first kappa shape index (κ1) is 11.4. The lowest BCUT2D eigenvalue weighted by Gasteiger charge is -2.48. The molecule has 2 rings (SSSR count). The van der Waals surface area contributed by atoms with Crippen molar-refractivity contribution in [2.45, 2.75) is 77.7 Å². The van der Waals surface area contributed by atoms with Gasteiger partial charge < -0.3 is 5.11 Å². The Morgan fingerprint density at radius 2 is 1.27 bits per heavy atom. The van der Waals surface area contributed by atoms with E-state index in [0.717, 1.165) is 12.8 Å². The summed E-state index contributed by atoms with van der Waals surface area (Å²) in [5, 5.41) is 10.7. The lowest BCUT2D eigenvalue weighted by Crippen LogP contribution is -2.47. The van der Waals surface area contributed by atoms with Gasteiger partial charge in [-0.25, -0.2) is 0 Å². The summed E-state index contributed by atoms with van der Waals surface area (Å²) in [6.45, 7) is 6.54. The van der Waals surface area contributed by atoms with Gasteiger partial charge in [-0.2, -0.15) is 0 Å². The molecule has 0 aromatic carbocycles. The third kappa shape index (κ3) is 1.95. The van der Waals surface area contributed by atoms with E-state index in [4.69, 9.17) is 0 Å². The molecule has 0 aromatic rings. The fourth-order valence-electron chi connectivity index (χ4n) is 3.57. The summed E-state index contributed by atoms with van der Waals surface area (Å²) >= 11 is 0. The average molecular weight is 210 g/mol. The van der Waals surface area contributed by atoms with E-state index in [9.17, 15) is 5.11 Å². The number of aliphatic hydroxyl groups is 1. The largest absolute Gasteiger partial charge is 0.389 e. The highest BCUT2D eigenvalue weighted by atomic mass is 16.3. The van der Waals surface area contributed by atoms with E-state index in [1.165, 1.54) is 38.5 Å². The third-order valence-electron chi connectivity index (χ3n) is 5.20. The monoisotopic (exact) mass is 210 g/mol. The van der Waals surface area contributed by atoms with Crippen LogP contribution in [0.15, 0.2) is 0 Å². The van der Waals surface area contributed by atoms with E-state index >= 15 is 0 Å². The first-order chi connectivity index (χ1) is 6.87. The predicted octanol–water partition coefficient (Wildman–Crippen LogP) is 3.90. The molecule has 0 atom stereocenters. The number of hydrogen-bond donors (Lipinski definition) is 1. The van der Waals surface area contributed by atoms with Gasteiger partial charge in [-0.15, -0.1) is 0 Å². The maximum atomic E-state index is 10.7. The Kier molecular flexibility index (Phi) is 2.65. The summed E-state index contributed by atoms with van der Waals surface area (Å²) in [5.74, 6) is 0. The summed E-state index contributed by atoms with van der Waals surface area (Å²) in [6.07, 6.45) is 10.3. The zero-order valence-corrected chi connectivity index (χ0v) is 10.6. The highest BCUT2D eigenvalue weighted by Crippen LogP contribution is 2.54.